The molecule has 0 aromatic heterocycles. The van der Waals surface area contributed by atoms with Gasteiger partial charge in [0.25, 0.3) is 0 Å². The van der Waals surface area contributed by atoms with Crippen LogP contribution in [-0.2, 0) is 28.6 Å². The van der Waals surface area contributed by atoms with Gasteiger partial charge in [0, 0.05) is 19.3 Å². The zero-order valence-corrected chi connectivity index (χ0v) is 40.1. The molecular formula is C56H92O6. The third-order valence-electron chi connectivity index (χ3n) is 10.3. The molecule has 1 atom stereocenters. The Morgan fingerprint density at radius 1 is 0.339 bits per heavy atom. The Morgan fingerprint density at radius 2 is 0.629 bits per heavy atom. The maximum Gasteiger partial charge on any atom is 0.306 e. The molecule has 0 saturated heterocycles. The van der Waals surface area contributed by atoms with Crippen molar-refractivity contribution in [2.24, 2.45) is 0 Å². The van der Waals surface area contributed by atoms with Crippen molar-refractivity contribution in [1.29, 1.82) is 0 Å². The molecular weight excluding hydrogens is 769 g/mol. The monoisotopic (exact) mass is 861 g/mol. The normalized spacial score (nSPS) is 12.9. The summed E-state index contributed by atoms with van der Waals surface area (Å²) in [5, 5.41) is 0. The number of hydrogen-bond donors (Lipinski definition) is 0. The zero-order valence-electron chi connectivity index (χ0n) is 40.1. The number of rotatable bonds is 44. The lowest BCUT2D eigenvalue weighted by atomic mass is 10.1. The minimum atomic E-state index is -0.807. The lowest BCUT2D eigenvalue weighted by Gasteiger charge is -2.18. The first-order valence-electron chi connectivity index (χ1n) is 25.2. The number of unbranched alkanes of at least 4 members (excludes halogenated alkanes) is 17. The molecule has 0 N–H and O–H groups in total. The molecule has 0 amide bonds. The van der Waals surface area contributed by atoms with Gasteiger partial charge in [0.05, 0.1) is 0 Å². The molecule has 0 aliphatic carbocycles. The molecule has 0 fully saturated rings. The predicted octanol–water partition coefficient (Wildman–Crippen LogP) is 16.6. The van der Waals surface area contributed by atoms with Crippen LogP contribution < -0.4 is 0 Å². The van der Waals surface area contributed by atoms with E-state index >= 15 is 0 Å². The predicted molar refractivity (Wildman–Crippen MR) is 265 cm³/mol. The van der Waals surface area contributed by atoms with Gasteiger partial charge in [0.1, 0.15) is 13.2 Å². The van der Waals surface area contributed by atoms with Crippen molar-refractivity contribution in [3.05, 3.63) is 97.2 Å². The van der Waals surface area contributed by atoms with E-state index in [0.717, 1.165) is 135 Å². The van der Waals surface area contributed by atoms with Gasteiger partial charge in [0.2, 0.25) is 0 Å². The second-order valence-corrected chi connectivity index (χ2v) is 16.3. The third-order valence-corrected chi connectivity index (χ3v) is 10.3. The number of esters is 3. The topological polar surface area (TPSA) is 78.9 Å². The smallest absolute Gasteiger partial charge is 0.306 e. The molecule has 0 rings (SSSR count). The average molecular weight is 861 g/mol. The van der Waals surface area contributed by atoms with E-state index in [1.54, 1.807) is 0 Å². The molecule has 0 bridgehead atoms. The number of carbonyl (C=O) groups excluding carboxylic acids is 3. The van der Waals surface area contributed by atoms with Crippen LogP contribution in [0.3, 0.4) is 0 Å². The van der Waals surface area contributed by atoms with Gasteiger partial charge in [-0.3, -0.25) is 14.4 Å². The van der Waals surface area contributed by atoms with E-state index in [1.807, 2.05) is 0 Å². The van der Waals surface area contributed by atoms with Crippen LogP contribution in [-0.4, -0.2) is 37.2 Å². The summed E-state index contributed by atoms with van der Waals surface area (Å²) in [5.41, 5.74) is 0. The van der Waals surface area contributed by atoms with E-state index < -0.39 is 6.10 Å². The summed E-state index contributed by atoms with van der Waals surface area (Å²) in [7, 11) is 0. The summed E-state index contributed by atoms with van der Waals surface area (Å²) in [4.78, 5) is 37.9. The van der Waals surface area contributed by atoms with Crippen molar-refractivity contribution >= 4 is 17.9 Å². The van der Waals surface area contributed by atoms with Gasteiger partial charge in [-0.25, -0.2) is 0 Å². The number of hydrogen-bond acceptors (Lipinski definition) is 6. The highest BCUT2D eigenvalue weighted by Crippen LogP contribution is 2.13. The Kier molecular flexibility index (Phi) is 47.0. The van der Waals surface area contributed by atoms with Crippen LogP contribution >= 0.6 is 0 Å². The van der Waals surface area contributed by atoms with Crippen molar-refractivity contribution in [2.45, 2.75) is 226 Å². The van der Waals surface area contributed by atoms with Gasteiger partial charge in [-0.1, -0.05) is 182 Å². The molecule has 352 valence electrons. The minimum absolute atomic E-state index is 0.103. The Hall–Kier alpha value is -3.67. The molecule has 6 nitrogen and oxygen atoms in total. The lowest BCUT2D eigenvalue weighted by molar-refractivity contribution is -0.167. The SMILES string of the molecule is CC/C=C\C/C=C\C/C=C\C/C=C\CCCCC(=O)OC[C@@H](COC(=O)CCCCCCC/C=C\CCCCCCC)OC(=O)CCCCCCC/C=C\C/C=C\C/C=C\CC. The second-order valence-electron chi connectivity index (χ2n) is 16.3. The fourth-order valence-corrected chi connectivity index (χ4v) is 6.56. The molecule has 0 unspecified atom stereocenters. The van der Waals surface area contributed by atoms with Crippen molar-refractivity contribution in [3.8, 4) is 0 Å². The quantitative estimate of drug-likeness (QED) is 0.0263. The Labute approximate surface area is 381 Å². The molecule has 0 aliphatic heterocycles. The summed E-state index contributed by atoms with van der Waals surface area (Å²) < 4.78 is 16.7. The summed E-state index contributed by atoms with van der Waals surface area (Å²) in [5.74, 6) is -0.976. The molecule has 0 aliphatic rings. The van der Waals surface area contributed by atoms with Crippen LogP contribution in [0.2, 0.25) is 0 Å². The largest absolute Gasteiger partial charge is 0.462 e. The lowest BCUT2D eigenvalue weighted by Crippen LogP contribution is -2.30. The van der Waals surface area contributed by atoms with Crippen molar-refractivity contribution < 1.29 is 28.6 Å². The van der Waals surface area contributed by atoms with Gasteiger partial charge >= 0.3 is 17.9 Å². The number of carbonyl (C=O) groups is 3. The molecule has 0 aromatic carbocycles. The van der Waals surface area contributed by atoms with Crippen molar-refractivity contribution in [1.82, 2.24) is 0 Å². The van der Waals surface area contributed by atoms with Crippen LogP contribution in [0.5, 0.6) is 0 Å². The standard InChI is InChI=1S/C56H92O6/c1-4-7-10-13-16-19-22-25-28-31-34-37-40-43-46-49-55(58)61-52-53(51-60-54(57)48-45-42-39-36-33-30-27-24-21-18-15-12-9-6-3)62-56(59)50-47-44-41-38-35-32-29-26-23-20-17-14-11-8-5-2/h7-8,10-11,16-17,19-20,24-29,34,37,53H,4-6,9,12-15,18,21-23,30-33,35-36,38-52H2,1-3H3/b10-7-,11-8-,19-16-,20-17-,27-24-,28-25-,29-26-,37-34-/t53-/m1/s1. The van der Waals surface area contributed by atoms with Gasteiger partial charge in [0.15, 0.2) is 6.10 Å². The van der Waals surface area contributed by atoms with E-state index in [9.17, 15) is 14.4 Å². The van der Waals surface area contributed by atoms with E-state index in [4.69, 9.17) is 14.2 Å². The minimum Gasteiger partial charge on any atom is -0.462 e. The fraction of sp³-hybridized carbons (Fsp3) is 0.661. The highest BCUT2D eigenvalue weighted by atomic mass is 16.6. The molecule has 6 heteroatoms. The van der Waals surface area contributed by atoms with Crippen molar-refractivity contribution in [2.75, 3.05) is 13.2 Å². The van der Waals surface area contributed by atoms with Gasteiger partial charge < -0.3 is 14.2 Å². The highest BCUT2D eigenvalue weighted by molar-refractivity contribution is 5.71. The van der Waals surface area contributed by atoms with Crippen LogP contribution in [0.1, 0.15) is 220 Å². The summed E-state index contributed by atoms with van der Waals surface area (Å²) in [6.07, 6.45) is 65.3. The van der Waals surface area contributed by atoms with E-state index in [0.29, 0.717) is 19.3 Å². The van der Waals surface area contributed by atoms with Crippen LogP contribution in [0.25, 0.3) is 0 Å². The van der Waals surface area contributed by atoms with Crippen molar-refractivity contribution in [3.63, 3.8) is 0 Å². The fourth-order valence-electron chi connectivity index (χ4n) is 6.56. The second kappa shape index (κ2) is 50.0. The van der Waals surface area contributed by atoms with Crippen LogP contribution in [0.15, 0.2) is 97.2 Å². The third kappa shape index (κ3) is 47.4. The average Bonchev–Trinajstić information content (AvgIpc) is 3.27. The van der Waals surface area contributed by atoms with E-state index in [2.05, 4.69) is 118 Å². The van der Waals surface area contributed by atoms with Crippen LogP contribution in [0.4, 0.5) is 0 Å². The molecule has 0 spiro atoms. The number of ether oxygens (including phenoxy) is 3. The zero-order chi connectivity index (χ0) is 45.1. The molecule has 0 heterocycles. The molecule has 62 heavy (non-hydrogen) atoms. The van der Waals surface area contributed by atoms with Gasteiger partial charge in [-0.15, -0.1) is 0 Å². The van der Waals surface area contributed by atoms with Gasteiger partial charge in [-0.05, 0) is 116 Å². The summed E-state index contributed by atoms with van der Waals surface area (Å²) in [6.45, 7) is 6.33. The summed E-state index contributed by atoms with van der Waals surface area (Å²) >= 11 is 0. The Bertz CT molecular complexity index is 1260. The maximum absolute atomic E-state index is 12.8. The Balaban J connectivity index is 4.51. The molecule has 0 saturated carbocycles. The molecule has 0 aromatic rings. The first-order chi connectivity index (χ1) is 30.5. The first-order valence-corrected chi connectivity index (χ1v) is 25.2. The number of allylic oxidation sites excluding steroid dienone is 16. The van der Waals surface area contributed by atoms with E-state index in [1.165, 1.54) is 44.9 Å². The first kappa shape index (κ1) is 58.3. The summed E-state index contributed by atoms with van der Waals surface area (Å²) in [6, 6.07) is 0. The molecule has 0 radical (unpaired) electrons. The highest BCUT2D eigenvalue weighted by Gasteiger charge is 2.19. The van der Waals surface area contributed by atoms with E-state index in [-0.39, 0.29) is 31.1 Å². The maximum atomic E-state index is 12.8. The Morgan fingerprint density at radius 3 is 1.03 bits per heavy atom. The van der Waals surface area contributed by atoms with Crippen LogP contribution in [0, 0.1) is 0 Å². The van der Waals surface area contributed by atoms with Gasteiger partial charge in [-0.2, -0.15) is 0 Å².